The zero-order valence-electron chi connectivity index (χ0n) is 14.4. The number of halogens is 1. The van der Waals surface area contributed by atoms with Gasteiger partial charge < -0.3 is 15.4 Å². The molecule has 1 aromatic carbocycles. The summed E-state index contributed by atoms with van der Waals surface area (Å²) in [4.78, 5) is 4.25. The maximum absolute atomic E-state index is 5.16. The normalized spacial score (nSPS) is 12.2. The van der Waals surface area contributed by atoms with Crippen LogP contribution in [-0.4, -0.2) is 36.4 Å². The Bertz CT molecular complexity index is 598. The lowest BCUT2D eigenvalue weighted by Crippen LogP contribution is -2.39. The first kappa shape index (κ1) is 20.3. The van der Waals surface area contributed by atoms with E-state index in [2.05, 4.69) is 27.6 Å². The number of rotatable bonds is 7. The summed E-state index contributed by atoms with van der Waals surface area (Å²) in [5.74, 6) is 2.12. The summed E-state index contributed by atoms with van der Waals surface area (Å²) >= 11 is 0. The van der Waals surface area contributed by atoms with Crippen LogP contribution in [0.25, 0.3) is 0 Å². The number of hydrogen-bond acceptors (Lipinski definition) is 3. The van der Waals surface area contributed by atoms with Crippen LogP contribution in [0.3, 0.4) is 0 Å². The molecule has 132 valence electrons. The number of benzene rings is 1. The average molecular weight is 443 g/mol. The second-order valence-electron chi connectivity index (χ2n) is 5.49. The number of guanidine groups is 1. The number of nitrogens with zero attached hydrogens (tertiary/aromatic N) is 3. The van der Waals surface area contributed by atoms with E-state index < -0.39 is 0 Å². The molecule has 0 fully saturated rings. The Labute approximate surface area is 160 Å². The molecule has 0 amide bonds. The van der Waals surface area contributed by atoms with Crippen molar-refractivity contribution in [1.82, 2.24) is 20.4 Å². The van der Waals surface area contributed by atoms with Crippen LogP contribution in [0, 0.1) is 5.92 Å². The number of nitrogens with one attached hydrogen (secondary N) is 2. The molecule has 7 heteroatoms. The quantitative estimate of drug-likeness (QED) is 0.392. The first-order valence-corrected chi connectivity index (χ1v) is 7.76. The molecule has 2 aromatic rings. The standard InChI is InChI=1S/C17H25N5O.HI/c1-14(13-22-10-4-9-21-22)11-19-17(18-2)20-12-15-5-7-16(23-3)8-6-15;/h4-10,14H,11-13H2,1-3H3,(H2,18,19,20);1H. The van der Waals surface area contributed by atoms with Crippen molar-refractivity contribution in [2.75, 3.05) is 20.7 Å². The molecule has 1 atom stereocenters. The van der Waals surface area contributed by atoms with Gasteiger partial charge in [0.05, 0.1) is 7.11 Å². The fourth-order valence-corrected chi connectivity index (χ4v) is 2.21. The topological polar surface area (TPSA) is 63.5 Å². The van der Waals surface area contributed by atoms with Gasteiger partial charge in [-0.3, -0.25) is 9.67 Å². The van der Waals surface area contributed by atoms with E-state index in [9.17, 15) is 0 Å². The first-order valence-electron chi connectivity index (χ1n) is 7.76. The van der Waals surface area contributed by atoms with E-state index in [1.165, 1.54) is 5.56 Å². The van der Waals surface area contributed by atoms with E-state index in [1.807, 2.05) is 41.2 Å². The Kier molecular flexibility index (Phi) is 9.21. The highest BCUT2D eigenvalue weighted by molar-refractivity contribution is 14.0. The summed E-state index contributed by atoms with van der Waals surface area (Å²) in [7, 11) is 3.45. The summed E-state index contributed by atoms with van der Waals surface area (Å²) in [6, 6.07) is 9.94. The Morgan fingerprint density at radius 3 is 2.62 bits per heavy atom. The Morgan fingerprint density at radius 2 is 2.04 bits per heavy atom. The Morgan fingerprint density at radius 1 is 1.29 bits per heavy atom. The van der Waals surface area contributed by atoms with Crippen molar-refractivity contribution in [3.63, 3.8) is 0 Å². The van der Waals surface area contributed by atoms with Gasteiger partial charge in [-0.05, 0) is 29.7 Å². The number of hydrogen-bond donors (Lipinski definition) is 2. The average Bonchev–Trinajstić information content (AvgIpc) is 3.08. The number of ether oxygens (including phenoxy) is 1. The minimum absolute atomic E-state index is 0. The van der Waals surface area contributed by atoms with Crippen molar-refractivity contribution in [2.24, 2.45) is 10.9 Å². The van der Waals surface area contributed by atoms with Crippen LogP contribution in [0.2, 0.25) is 0 Å². The van der Waals surface area contributed by atoms with Gasteiger partial charge in [0.25, 0.3) is 0 Å². The highest BCUT2D eigenvalue weighted by atomic mass is 127. The fraction of sp³-hybridized carbons (Fsp3) is 0.412. The van der Waals surface area contributed by atoms with Gasteiger partial charge in [0.1, 0.15) is 5.75 Å². The second-order valence-corrected chi connectivity index (χ2v) is 5.49. The third-order valence-electron chi connectivity index (χ3n) is 3.52. The van der Waals surface area contributed by atoms with E-state index in [0.29, 0.717) is 5.92 Å². The van der Waals surface area contributed by atoms with Crippen LogP contribution in [0.4, 0.5) is 0 Å². The second kappa shape index (κ2) is 10.9. The highest BCUT2D eigenvalue weighted by Crippen LogP contribution is 2.10. The van der Waals surface area contributed by atoms with Crippen LogP contribution >= 0.6 is 24.0 Å². The lowest BCUT2D eigenvalue weighted by Gasteiger charge is -2.16. The maximum atomic E-state index is 5.16. The summed E-state index contributed by atoms with van der Waals surface area (Å²) in [5.41, 5.74) is 1.18. The molecule has 2 N–H and O–H groups in total. The van der Waals surface area contributed by atoms with Gasteiger partial charge in [0.2, 0.25) is 0 Å². The number of methoxy groups -OCH3 is 1. The number of aliphatic imine (C=N–C) groups is 1. The molecule has 0 saturated carbocycles. The van der Waals surface area contributed by atoms with Gasteiger partial charge in [-0.15, -0.1) is 24.0 Å². The molecule has 24 heavy (non-hydrogen) atoms. The molecule has 1 aromatic heterocycles. The molecule has 1 heterocycles. The molecule has 2 rings (SSSR count). The molecule has 0 saturated heterocycles. The van der Waals surface area contributed by atoms with Gasteiger partial charge in [-0.2, -0.15) is 5.10 Å². The van der Waals surface area contributed by atoms with Gasteiger partial charge in [-0.25, -0.2) is 0 Å². The van der Waals surface area contributed by atoms with Crippen molar-refractivity contribution < 1.29 is 4.74 Å². The van der Waals surface area contributed by atoms with E-state index >= 15 is 0 Å². The van der Waals surface area contributed by atoms with Crippen LogP contribution in [0.5, 0.6) is 5.75 Å². The predicted molar refractivity (Wildman–Crippen MR) is 108 cm³/mol. The van der Waals surface area contributed by atoms with Crippen LogP contribution in [-0.2, 0) is 13.1 Å². The van der Waals surface area contributed by atoms with Crippen LogP contribution < -0.4 is 15.4 Å². The highest BCUT2D eigenvalue weighted by Gasteiger charge is 2.05. The van der Waals surface area contributed by atoms with Crippen LogP contribution in [0.15, 0.2) is 47.7 Å². The van der Waals surface area contributed by atoms with Crippen LogP contribution in [0.1, 0.15) is 12.5 Å². The third kappa shape index (κ3) is 6.77. The van der Waals surface area contributed by atoms with E-state index in [0.717, 1.165) is 31.3 Å². The SMILES string of the molecule is CN=C(NCc1ccc(OC)cc1)NCC(C)Cn1cccn1.I. The van der Waals surface area contributed by atoms with Gasteiger partial charge in [0.15, 0.2) is 5.96 Å². The van der Waals surface area contributed by atoms with Crippen molar-refractivity contribution in [3.05, 3.63) is 48.3 Å². The maximum Gasteiger partial charge on any atom is 0.191 e. The van der Waals surface area contributed by atoms with Gasteiger partial charge >= 0.3 is 0 Å². The molecule has 0 radical (unpaired) electrons. The molecule has 0 bridgehead atoms. The van der Waals surface area contributed by atoms with Crippen molar-refractivity contribution in [3.8, 4) is 5.75 Å². The van der Waals surface area contributed by atoms with E-state index in [4.69, 9.17) is 4.74 Å². The molecular formula is C17H26IN5O. The summed E-state index contributed by atoms with van der Waals surface area (Å²) in [6.45, 7) is 4.63. The largest absolute Gasteiger partial charge is 0.497 e. The molecular weight excluding hydrogens is 417 g/mol. The Hall–Kier alpha value is -1.77. The summed E-state index contributed by atoms with van der Waals surface area (Å²) < 4.78 is 7.10. The Balaban J connectivity index is 0.00000288. The molecule has 6 nitrogen and oxygen atoms in total. The fourth-order valence-electron chi connectivity index (χ4n) is 2.21. The lowest BCUT2D eigenvalue weighted by molar-refractivity contribution is 0.414. The van der Waals surface area contributed by atoms with Crippen molar-refractivity contribution in [1.29, 1.82) is 0 Å². The lowest BCUT2D eigenvalue weighted by atomic mass is 10.2. The minimum Gasteiger partial charge on any atom is -0.497 e. The first-order chi connectivity index (χ1) is 11.2. The molecule has 0 spiro atoms. The predicted octanol–water partition coefficient (Wildman–Crippen LogP) is 2.51. The smallest absolute Gasteiger partial charge is 0.191 e. The molecule has 0 aliphatic heterocycles. The third-order valence-corrected chi connectivity index (χ3v) is 3.52. The molecule has 0 aliphatic carbocycles. The van der Waals surface area contributed by atoms with Gasteiger partial charge in [0, 0.05) is 39.1 Å². The van der Waals surface area contributed by atoms with Gasteiger partial charge in [-0.1, -0.05) is 19.1 Å². The van der Waals surface area contributed by atoms with Crippen molar-refractivity contribution >= 4 is 29.9 Å². The number of aromatic nitrogens is 2. The molecule has 0 aliphatic rings. The zero-order chi connectivity index (χ0) is 16.5. The zero-order valence-corrected chi connectivity index (χ0v) is 16.7. The summed E-state index contributed by atoms with van der Waals surface area (Å²) in [5, 5.41) is 10.9. The van der Waals surface area contributed by atoms with E-state index in [1.54, 1.807) is 20.4 Å². The minimum atomic E-state index is 0. The van der Waals surface area contributed by atoms with Crippen molar-refractivity contribution in [2.45, 2.75) is 20.0 Å². The molecule has 1 unspecified atom stereocenters. The monoisotopic (exact) mass is 443 g/mol. The summed E-state index contributed by atoms with van der Waals surface area (Å²) in [6.07, 6.45) is 3.78. The van der Waals surface area contributed by atoms with E-state index in [-0.39, 0.29) is 24.0 Å².